The number of hydrogen-bond acceptors (Lipinski definition) is 13. The number of aryl methyl sites for hydroxylation is 1. The maximum atomic E-state index is 16.0. The first-order valence-electron chi connectivity index (χ1n) is 21.1. The molecule has 3 aromatic carbocycles. The second-order valence-corrected chi connectivity index (χ2v) is 15.1. The van der Waals surface area contributed by atoms with Crippen molar-refractivity contribution < 1.29 is 66.3 Å². The first-order chi connectivity index (χ1) is 30.0. The summed E-state index contributed by atoms with van der Waals surface area (Å²) >= 11 is 0. The first-order valence-corrected chi connectivity index (χ1v) is 21.1. The van der Waals surface area contributed by atoms with Gasteiger partial charge in [-0.15, -0.1) is 0 Å². The molecule has 3 rings (SSSR count). The molecule has 340 valence electrons. The number of carbonyl (C=O) groups excluding carboxylic acids is 6. The fraction of sp³-hybridized carbons (Fsp3) is 0.429. The third kappa shape index (κ3) is 16.5. The van der Waals surface area contributed by atoms with E-state index in [1.54, 1.807) is 51.1 Å². The van der Waals surface area contributed by atoms with Gasteiger partial charge >= 0.3 is 35.8 Å². The van der Waals surface area contributed by atoms with Crippen LogP contribution in [0.2, 0.25) is 0 Å². The molecule has 13 nitrogen and oxygen atoms in total. The maximum Gasteiger partial charge on any atom is 0.338 e. The fourth-order valence-electron chi connectivity index (χ4n) is 6.03. The Morgan fingerprint density at radius 2 is 1.10 bits per heavy atom. The zero-order chi connectivity index (χ0) is 46.5. The molecule has 14 heteroatoms. The Hall–Kier alpha value is -6.31. The third-order valence-electron chi connectivity index (χ3n) is 9.80. The van der Waals surface area contributed by atoms with E-state index in [1.807, 2.05) is 6.07 Å². The maximum absolute atomic E-state index is 16.0. The van der Waals surface area contributed by atoms with Crippen LogP contribution in [0, 0.1) is 11.2 Å². The van der Waals surface area contributed by atoms with Gasteiger partial charge in [-0.3, -0.25) is 19.2 Å². The smallest absolute Gasteiger partial charge is 0.338 e. The SMILES string of the molecule is C=C(C)C(=O)Oc1cc(-c2ccc(CCCCCCC)cc2F)c(OC(=O)C(=C)C)cc1-c1ccc(OCC(CC)(COC(=O)CC(=O)OCC)COC(=O)CC(=O)OCC)cc1. The quantitative estimate of drug-likeness (QED) is 0.0187. The zero-order valence-electron chi connectivity index (χ0n) is 37.2. The minimum Gasteiger partial charge on any atom is -0.493 e. The van der Waals surface area contributed by atoms with E-state index in [0.717, 1.165) is 37.7 Å². The minimum atomic E-state index is -1.13. The fourth-order valence-corrected chi connectivity index (χ4v) is 6.03. The molecule has 63 heavy (non-hydrogen) atoms. The highest BCUT2D eigenvalue weighted by atomic mass is 19.1. The highest BCUT2D eigenvalue weighted by Gasteiger charge is 2.34. The lowest BCUT2D eigenvalue weighted by atomic mass is 9.88. The van der Waals surface area contributed by atoms with Gasteiger partial charge in [-0.25, -0.2) is 14.0 Å². The Kier molecular flexibility index (Phi) is 20.7. The van der Waals surface area contributed by atoms with Crippen molar-refractivity contribution in [2.45, 2.75) is 99.3 Å². The molecule has 0 aliphatic heterocycles. The van der Waals surface area contributed by atoms with Gasteiger partial charge in [0.15, 0.2) is 0 Å². The van der Waals surface area contributed by atoms with Crippen molar-refractivity contribution in [3.05, 3.63) is 90.3 Å². The van der Waals surface area contributed by atoms with E-state index in [-0.39, 0.29) is 73.2 Å². The van der Waals surface area contributed by atoms with E-state index in [9.17, 15) is 28.8 Å². The lowest BCUT2D eigenvalue weighted by Gasteiger charge is -2.31. The second-order valence-electron chi connectivity index (χ2n) is 15.1. The minimum absolute atomic E-state index is 0.0117. The van der Waals surface area contributed by atoms with Crippen molar-refractivity contribution in [3.8, 4) is 39.5 Å². The van der Waals surface area contributed by atoms with E-state index < -0.39 is 59.9 Å². The van der Waals surface area contributed by atoms with Crippen LogP contribution in [-0.4, -0.2) is 68.9 Å². The van der Waals surface area contributed by atoms with Crippen LogP contribution >= 0.6 is 0 Å². The first kappa shape index (κ1) is 51.0. The second kappa shape index (κ2) is 25.6. The van der Waals surface area contributed by atoms with Crippen LogP contribution in [0.3, 0.4) is 0 Å². The third-order valence-corrected chi connectivity index (χ3v) is 9.80. The number of benzene rings is 3. The summed E-state index contributed by atoms with van der Waals surface area (Å²) in [6.45, 7) is 16.8. The number of esters is 6. The van der Waals surface area contributed by atoms with E-state index in [4.69, 9.17) is 33.2 Å². The Bertz CT molecular complexity index is 2070. The van der Waals surface area contributed by atoms with Crippen LogP contribution in [-0.2, 0) is 54.1 Å². The van der Waals surface area contributed by atoms with Crippen molar-refractivity contribution in [2.24, 2.45) is 5.41 Å². The van der Waals surface area contributed by atoms with Gasteiger partial charge in [0.1, 0.15) is 55.7 Å². The van der Waals surface area contributed by atoms with Gasteiger partial charge in [0, 0.05) is 27.8 Å². The van der Waals surface area contributed by atoms with E-state index in [0.29, 0.717) is 23.3 Å². The molecule has 0 aromatic heterocycles. The molecule has 0 bridgehead atoms. The van der Waals surface area contributed by atoms with Gasteiger partial charge in [0.2, 0.25) is 0 Å². The molecule has 0 amide bonds. The van der Waals surface area contributed by atoms with E-state index in [1.165, 1.54) is 32.0 Å². The Morgan fingerprint density at radius 1 is 0.587 bits per heavy atom. The normalized spacial score (nSPS) is 10.9. The number of carbonyl (C=O) groups is 6. The summed E-state index contributed by atoms with van der Waals surface area (Å²) in [4.78, 5) is 74.7. The summed E-state index contributed by atoms with van der Waals surface area (Å²) in [5.41, 5.74) is 0.967. The molecule has 0 saturated carbocycles. The van der Waals surface area contributed by atoms with Gasteiger partial charge in [-0.05, 0) is 88.4 Å². The summed E-state index contributed by atoms with van der Waals surface area (Å²) < 4.78 is 54.2. The van der Waals surface area contributed by atoms with Crippen LogP contribution in [0.4, 0.5) is 4.39 Å². The van der Waals surface area contributed by atoms with Crippen LogP contribution in [0.1, 0.15) is 98.5 Å². The molecule has 0 heterocycles. The Balaban J connectivity index is 2.01. The molecular formula is C49H59FO13. The highest BCUT2D eigenvalue weighted by molar-refractivity contribution is 5.94. The number of ether oxygens (including phenoxy) is 7. The molecule has 0 saturated heterocycles. The molecule has 0 unspecified atom stereocenters. The van der Waals surface area contributed by atoms with Crippen molar-refractivity contribution in [2.75, 3.05) is 33.0 Å². The standard InChI is InChI=1S/C49H59FO13/c1-9-13-14-15-16-17-34-18-23-37(40(50)24-34)39-26-41(62-47(55)32(5)6)38(25-42(39)63-48(56)33(7)8)35-19-21-36(22-20-35)59-29-49(10-2,30-60-45(53)27-43(51)57-11-3)31-61-46(54)28-44(52)58-12-4/h18-26H,5,7,9-17,27-31H2,1-4,6,8H3. The summed E-state index contributed by atoms with van der Waals surface area (Å²) in [6.07, 6.45) is 5.05. The lowest BCUT2D eigenvalue weighted by Crippen LogP contribution is -2.39. The Labute approximate surface area is 368 Å². The van der Waals surface area contributed by atoms with Crippen LogP contribution in [0.5, 0.6) is 17.2 Å². The van der Waals surface area contributed by atoms with Gasteiger partial charge < -0.3 is 33.2 Å². The van der Waals surface area contributed by atoms with E-state index >= 15 is 4.39 Å². The largest absolute Gasteiger partial charge is 0.493 e. The number of halogens is 1. The average Bonchev–Trinajstić information content (AvgIpc) is 3.24. The summed E-state index contributed by atoms with van der Waals surface area (Å²) in [5, 5.41) is 0. The number of unbranched alkanes of at least 4 members (excludes halogenated alkanes) is 4. The molecule has 0 spiro atoms. The molecule has 0 fully saturated rings. The lowest BCUT2D eigenvalue weighted by molar-refractivity contribution is -0.161. The zero-order valence-corrected chi connectivity index (χ0v) is 37.2. The van der Waals surface area contributed by atoms with Gasteiger partial charge in [-0.2, -0.15) is 0 Å². The summed E-state index contributed by atoms with van der Waals surface area (Å²) in [6, 6.07) is 14.3. The number of rotatable bonds is 26. The topological polar surface area (TPSA) is 167 Å². The van der Waals surface area contributed by atoms with Gasteiger partial charge in [0.25, 0.3) is 0 Å². The van der Waals surface area contributed by atoms with Crippen molar-refractivity contribution in [1.82, 2.24) is 0 Å². The van der Waals surface area contributed by atoms with Gasteiger partial charge in [-0.1, -0.05) is 77.0 Å². The molecule has 3 aromatic rings. The van der Waals surface area contributed by atoms with E-state index in [2.05, 4.69) is 20.1 Å². The molecular weight excluding hydrogens is 816 g/mol. The average molecular weight is 875 g/mol. The Morgan fingerprint density at radius 3 is 1.59 bits per heavy atom. The van der Waals surface area contributed by atoms with Crippen molar-refractivity contribution in [1.29, 1.82) is 0 Å². The predicted molar refractivity (Wildman–Crippen MR) is 233 cm³/mol. The van der Waals surface area contributed by atoms with Crippen LogP contribution < -0.4 is 14.2 Å². The predicted octanol–water partition coefficient (Wildman–Crippen LogP) is 9.40. The molecule has 0 N–H and O–H groups in total. The monoisotopic (exact) mass is 874 g/mol. The summed E-state index contributed by atoms with van der Waals surface area (Å²) in [7, 11) is 0. The number of hydrogen-bond donors (Lipinski definition) is 0. The highest BCUT2D eigenvalue weighted by Crippen LogP contribution is 2.43. The van der Waals surface area contributed by atoms with Crippen molar-refractivity contribution >= 4 is 35.8 Å². The summed E-state index contributed by atoms with van der Waals surface area (Å²) in [5.74, 6) is -4.94. The molecule has 0 radical (unpaired) electrons. The van der Waals surface area contributed by atoms with Crippen LogP contribution in [0.25, 0.3) is 22.3 Å². The van der Waals surface area contributed by atoms with Crippen LogP contribution in [0.15, 0.2) is 78.9 Å². The van der Waals surface area contributed by atoms with Gasteiger partial charge in [0.05, 0.1) is 18.6 Å². The molecule has 0 aliphatic carbocycles. The molecule has 0 aliphatic rings. The van der Waals surface area contributed by atoms with Crippen molar-refractivity contribution in [3.63, 3.8) is 0 Å². The molecule has 0 atom stereocenters.